The first kappa shape index (κ1) is 15.4. The number of hydrogen-bond acceptors (Lipinski definition) is 5. The van der Waals surface area contributed by atoms with Crippen LogP contribution in [0.1, 0.15) is 33.8 Å². The second-order valence-corrected chi connectivity index (χ2v) is 8.13. The number of aromatic carboxylic acids is 1. The van der Waals surface area contributed by atoms with Crippen LogP contribution in [0, 0.1) is 12.3 Å². The van der Waals surface area contributed by atoms with E-state index >= 15 is 0 Å². The number of carboxylic acids is 1. The number of rotatable bonds is 7. The van der Waals surface area contributed by atoms with Crippen molar-refractivity contribution < 1.29 is 23.4 Å². The average molecular weight is 319 g/mol. The first-order valence-electron chi connectivity index (χ1n) is 6.24. The van der Waals surface area contributed by atoms with E-state index in [2.05, 4.69) is 4.72 Å². The molecule has 0 aliphatic heterocycles. The first-order valence-corrected chi connectivity index (χ1v) is 8.54. The van der Waals surface area contributed by atoms with Gasteiger partial charge in [-0.1, -0.05) is 0 Å². The SMILES string of the molecule is Cc1sc(C(=O)O)cc1S(=O)(=O)NCC1(CCO)CC1. The van der Waals surface area contributed by atoms with Crippen LogP contribution in [0.15, 0.2) is 11.0 Å². The van der Waals surface area contributed by atoms with Crippen LogP contribution < -0.4 is 4.72 Å². The van der Waals surface area contributed by atoms with Crippen molar-refractivity contribution in [2.45, 2.75) is 31.1 Å². The van der Waals surface area contributed by atoms with E-state index in [0.29, 0.717) is 11.3 Å². The van der Waals surface area contributed by atoms with Gasteiger partial charge < -0.3 is 10.2 Å². The third-order valence-corrected chi connectivity index (χ3v) is 6.30. The Morgan fingerprint density at radius 2 is 2.15 bits per heavy atom. The third-order valence-electron chi connectivity index (χ3n) is 3.61. The molecular formula is C12H17NO5S2. The number of carbonyl (C=O) groups is 1. The normalized spacial score (nSPS) is 17.1. The molecule has 0 atom stereocenters. The molecule has 112 valence electrons. The minimum Gasteiger partial charge on any atom is -0.477 e. The molecule has 3 N–H and O–H groups in total. The fourth-order valence-corrected chi connectivity index (χ4v) is 4.68. The summed E-state index contributed by atoms with van der Waals surface area (Å²) in [6.45, 7) is 1.92. The summed E-state index contributed by atoms with van der Waals surface area (Å²) in [5.74, 6) is -1.13. The molecule has 2 rings (SSSR count). The molecule has 1 fully saturated rings. The lowest BCUT2D eigenvalue weighted by Gasteiger charge is -2.14. The van der Waals surface area contributed by atoms with Crippen molar-refractivity contribution in [2.24, 2.45) is 5.41 Å². The third kappa shape index (κ3) is 3.20. The van der Waals surface area contributed by atoms with Crippen molar-refractivity contribution in [3.05, 3.63) is 15.8 Å². The van der Waals surface area contributed by atoms with E-state index in [-0.39, 0.29) is 28.3 Å². The molecule has 1 aromatic heterocycles. The fourth-order valence-electron chi connectivity index (χ4n) is 2.09. The van der Waals surface area contributed by atoms with Crippen LogP contribution in [0.2, 0.25) is 0 Å². The highest BCUT2D eigenvalue weighted by Crippen LogP contribution is 2.48. The number of thiophene rings is 1. The molecule has 0 radical (unpaired) electrons. The average Bonchev–Trinajstić information content (AvgIpc) is 3.00. The zero-order valence-corrected chi connectivity index (χ0v) is 12.7. The van der Waals surface area contributed by atoms with E-state index in [0.717, 1.165) is 24.2 Å². The molecule has 1 aliphatic rings. The maximum Gasteiger partial charge on any atom is 0.345 e. The first-order chi connectivity index (χ1) is 9.30. The number of sulfonamides is 1. The van der Waals surface area contributed by atoms with Gasteiger partial charge in [0, 0.05) is 18.0 Å². The Balaban J connectivity index is 2.12. The van der Waals surface area contributed by atoms with Crippen LogP contribution in [-0.2, 0) is 10.0 Å². The van der Waals surface area contributed by atoms with E-state index in [1.54, 1.807) is 6.92 Å². The molecule has 0 amide bonds. The largest absolute Gasteiger partial charge is 0.477 e. The molecule has 0 spiro atoms. The second-order valence-electron chi connectivity index (χ2n) is 5.13. The van der Waals surface area contributed by atoms with Crippen LogP contribution in [0.4, 0.5) is 0 Å². The van der Waals surface area contributed by atoms with Crippen molar-refractivity contribution in [2.75, 3.05) is 13.2 Å². The Labute approximate surface area is 121 Å². The van der Waals surface area contributed by atoms with E-state index in [1.165, 1.54) is 6.07 Å². The van der Waals surface area contributed by atoms with Gasteiger partial charge >= 0.3 is 5.97 Å². The predicted octanol–water partition coefficient (Wildman–Crippen LogP) is 1.20. The van der Waals surface area contributed by atoms with Gasteiger partial charge in [-0.05, 0) is 37.7 Å². The van der Waals surface area contributed by atoms with Gasteiger partial charge in [0.25, 0.3) is 0 Å². The molecule has 1 saturated carbocycles. The molecule has 8 heteroatoms. The quantitative estimate of drug-likeness (QED) is 0.700. The molecule has 20 heavy (non-hydrogen) atoms. The summed E-state index contributed by atoms with van der Waals surface area (Å²) in [5, 5.41) is 17.9. The monoisotopic (exact) mass is 319 g/mol. The Morgan fingerprint density at radius 1 is 1.50 bits per heavy atom. The van der Waals surface area contributed by atoms with Crippen molar-refractivity contribution >= 4 is 27.3 Å². The summed E-state index contributed by atoms with van der Waals surface area (Å²) in [5.41, 5.74) is -0.124. The van der Waals surface area contributed by atoms with Gasteiger partial charge in [0.2, 0.25) is 10.0 Å². The smallest absolute Gasteiger partial charge is 0.345 e. The zero-order chi connectivity index (χ0) is 15.0. The molecule has 1 aromatic rings. The van der Waals surface area contributed by atoms with Crippen molar-refractivity contribution in [1.82, 2.24) is 4.72 Å². The number of nitrogens with one attached hydrogen (secondary N) is 1. The molecule has 0 aromatic carbocycles. The molecule has 1 aliphatic carbocycles. The van der Waals surface area contributed by atoms with Gasteiger partial charge in [-0.25, -0.2) is 17.9 Å². The highest BCUT2D eigenvalue weighted by atomic mass is 32.2. The summed E-state index contributed by atoms with van der Waals surface area (Å²) < 4.78 is 26.9. The van der Waals surface area contributed by atoms with Crippen molar-refractivity contribution in [3.8, 4) is 0 Å². The number of aliphatic hydroxyl groups is 1. The summed E-state index contributed by atoms with van der Waals surface area (Å²) in [6.07, 6.45) is 2.39. The van der Waals surface area contributed by atoms with E-state index in [4.69, 9.17) is 10.2 Å². The Hall–Kier alpha value is -0.960. The highest BCUT2D eigenvalue weighted by Gasteiger charge is 2.42. The summed E-state index contributed by atoms with van der Waals surface area (Å²) >= 11 is 0.950. The molecular weight excluding hydrogens is 302 g/mol. The van der Waals surface area contributed by atoms with E-state index in [9.17, 15) is 13.2 Å². The minimum atomic E-state index is -3.70. The Bertz CT molecular complexity index is 616. The maximum atomic E-state index is 12.2. The van der Waals surface area contributed by atoms with Crippen molar-refractivity contribution in [1.29, 1.82) is 0 Å². The topological polar surface area (TPSA) is 104 Å². The Morgan fingerprint density at radius 3 is 2.60 bits per heavy atom. The van der Waals surface area contributed by atoms with Crippen LogP contribution in [0.25, 0.3) is 0 Å². The Kier molecular flexibility index (Phi) is 4.19. The lowest BCUT2D eigenvalue weighted by Crippen LogP contribution is -2.31. The minimum absolute atomic E-state index is 0.0133. The lowest BCUT2D eigenvalue weighted by atomic mass is 10.0. The predicted molar refractivity (Wildman–Crippen MR) is 74.6 cm³/mol. The van der Waals surface area contributed by atoms with Gasteiger partial charge in [0.15, 0.2) is 0 Å². The molecule has 6 nitrogen and oxygen atoms in total. The number of aryl methyl sites for hydroxylation is 1. The van der Waals surface area contributed by atoms with Gasteiger partial charge in [-0.2, -0.15) is 0 Å². The molecule has 0 unspecified atom stereocenters. The van der Waals surface area contributed by atoms with E-state index < -0.39 is 16.0 Å². The molecule has 0 bridgehead atoms. The summed E-state index contributed by atoms with van der Waals surface area (Å²) in [7, 11) is -3.70. The van der Waals surface area contributed by atoms with Gasteiger partial charge in [-0.3, -0.25) is 0 Å². The summed E-state index contributed by atoms with van der Waals surface area (Å²) in [4.78, 5) is 11.4. The van der Waals surface area contributed by atoms with Crippen LogP contribution in [0.3, 0.4) is 0 Å². The number of carboxylic acid groups (broad SMARTS) is 1. The fraction of sp³-hybridized carbons (Fsp3) is 0.583. The maximum absolute atomic E-state index is 12.2. The second kappa shape index (κ2) is 5.44. The molecule has 0 saturated heterocycles. The van der Waals surface area contributed by atoms with Gasteiger partial charge in [0.05, 0.1) is 4.90 Å². The van der Waals surface area contributed by atoms with Crippen molar-refractivity contribution in [3.63, 3.8) is 0 Å². The number of hydrogen-bond donors (Lipinski definition) is 3. The zero-order valence-electron chi connectivity index (χ0n) is 11.0. The van der Waals surface area contributed by atoms with E-state index in [1.807, 2.05) is 0 Å². The standard InChI is InChI=1S/C12H17NO5S2/c1-8-10(6-9(19-8)11(15)16)20(17,18)13-7-12(2-3-12)4-5-14/h6,13-14H,2-5,7H2,1H3,(H,15,16). The van der Waals surface area contributed by atoms with Crippen LogP contribution in [0.5, 0.6) is 0 Å². The van der Waals surface area contributed by atoms with Crippen LogP contribution in [-0.4, -0.2) is 37.8 Å². The summed E-state index contributed by atoms with van der Waals surface area (Å²) in [6, 6.07) is 1.19. The molecule has 1 heterocycles. The lowest BCUT2D eigenvalue weighted by molar-refractivity contribution is 0.0702. The highest BCUT2D eigenvalue weighted by molar-refractivity contribution is 7.89. The van der Waals surface area contributed by atoms with Gasteiger partial charge in [-0.15, -0.1) is 11.3 Å². The van der Waals surface area contributed by atoms with Crippen LogP contribution >= 0.6 is 11.3 Å². The number of aliphatic hydroxyl groups excluding tert-OH is 1. The van der Waals surface area contributed by atoms with Gasteiger partial charge in [0.1, 0.15) is 4.88 Å².